The van der Waals surface area contributed by atoms with Gasteiger partial charge < -0.3 is 5.11 Å². The first-order valence-corrected chi connectivity index (χ1v) is 3.91. The van der Waals surface area contributed by atoms with Crippen molar-refractivity contribution in [3.63, 3.8) is 0 Å². The summed E-state index contributed by atoms with van der Waals surface area (Å²) < 4.78 is 0. The number of aromatic hydroxyl groups is 1. The van der Waals surface area contributed by atoms with E-state index in [0.29, 0.717) is 5.75 Å². The van der Waals surface area contributed by atoms with E-state index in [9.17, 15) is 0 Å². The topological polar surface area (TPSA) is 44.0 Å². The maximum atomic E-state index is 9.09. The third-order valence-electron chi connectivity index (χ3n) is 1.92. The molecular formula is C10H11NO. The van der Waals surface area contributed by atoms with Gasteiger partial charge in [-0.1, -0.05) is 12.1 Å². The minimum Gasteiger partial charge on any atom is -0.508 e. The first kappa shape index (κ1) is 8.61. The third kappa shape index (κ3) is 2.00. The van der Waals surface area contributed by atoms with Gasteiger partial charge in [0.2, 0.25) is 0 Å². The van der Waals surface area contributed by atoms with Gasteiger partial charge in [0.25, 0.3) is 0 Å². The van der Waals surface area contributed by atoms with E-state index in [1.165, 1.54) is 18.4 Å². The molecule has 0 spiro atoms. The minimum absolute atomic E-state index is 0.393. The lowest BCUT2D eigenvalue weighted by molar-refractivity contribution is 0.474. The molecule has 1 aromatic carbocycles. The highest BCUT2D eigenvalue weighted by Gasteiger charge is 2.23. The van der Waals surface area contributed by atoms with Gasteiger partial charge in [0, 0.05) is 6.57 Å². The lowest BCUT2D eigenvalue weighted by Crippen LogP contribution is -1.75. The fourth-order valence-corrected chi connectivity index (χ4v) is 1.20. The van der Waals surface area contributed by atoms with Crippen LogP contribution in [0.4, 0.5) is 0 Å². The van der Waals surface area contributed by atoms with E-state index in [0.717, 1.165) is 5.92 Å². The summed E-state index contributed by atoms with van der Waals surface area (Å²) >= 11 is 0. The van der Waals surface area contributed by atoms with E-state index in [4.69, 9.17) is 10.4 Å². The molecule has 1 N–H and O–H groups in total. The maximum absolute atomic E-state index is 9.09. The van der Waals surface area contributed by atoms with Crippen LogP contribution in [0.2, 0.25) is 0 Å². The SMILES string of the molecule is C#N.Oc1cccc(C2CC2)c1. The minimum atomic E-state index is 0.393. The zero-order chi connectivity index (χ0) is 8.97. The first-order chi connectivity index (χ1) is 5.86. The van der Waals surface area contributed by atoms with Crippen LogP contribution < -0.4 is 0 Å². The molecule has 2 heteroatoms. The van der Waals surface area contributed by atoms with Crippen molar-refractivity contribution in [2.75, 3.05) is 0 Å². The second-order valence-corrected chi connectivity index (χ2v) is 2.87. The van der Waals surface area contributed by atoms with Gasteiger partial charge in [-0.25, -0.2) is 5.26 Å². The highest BCUT2D eigenvalue weighted by molar-refractivity contribution is 5.31. The zero-order valence-electron chi connectivity index (χ0n) is 6.77. The third-order valence-corrected chi connectivity index (χ3v) is 1.92. The van der Waals surface area contributed by atoms with Crippen LogP contribution in [0.15, 0.2) is 24.3 Å². The monoisotopic (exact) mass is 161 g/mol. The van der Waals surface area contributed by atoms with Gasteiger partial charge in [0.15, 0.2) is 0 Å². The number of nitrogens with zero attached hydrogens (tertiary/aromatic N) is 1. The summed E-state index contributed by atoms with van der Waals surface area (Å²) in [6.07, 6.45) is 2.59. The molecule has 0 bridgehead atoms. The molecular weight excluding hydrogens is 150 g/mol. The molecule has 0 saturated heterocycles. The Morgan fingerprint density at radius 3 is 2.50 bits per heavy atom. The van der Waals surface area contributed by atoms with Gasteiger partial charge in [-0.2, -0.15) is 0 Å². The fraction of sp³-hybridized carbons (Fsp3) is 0.300. The molecule has 0 atom stereocenters. The average molecular weight is 161 g/mol. The molecule has 1 fully saturated rings. The number of phenols is 1. The Bertz CT molecular complexity index is 276. The molecule has 0 heterocycles. The van der Waals surface area contributed by atoms with Gasteiger partial charge in [-0.15, -0.1) is 0 Å². The molecule has 0 radical (unpaired) electrons. The number of rotatable bonds is 1. The Morgan fingerprint density at radius 1 is 1.33 bits per heavy atom. The molecule has 0 aliphatic heterocycles. The standard InChI is InChI=1S/C9H10O.CHN/c10-9-3-1-2-8(6-9)7-4-5-7;1-2/h1-3,6-7,10H,4-5H2;1H. The number of nitriles is 1. The second-order valence-electron chi connectivity index (χ2n) is 2.87. The Labute approximate surface area is 72.1 Å². The molecule has 1 saturated carbocycles. The summed E-state index contributed by atoms with van der Waals surface area (Å²) in [7, 11) is 0. The molecule has 1 aromatic rings. The second kappa shape index (κ2) is 3.77. The van der Waals surface area contributed by atoms with Crippen LogP contribution in [0.5, 0.6) is 5.75 Å². The Hall–Kier alpha value is -1.49. The Kier molecular flexibility index (Phi) is 2.71. The van der Waals surface area contributed by atoms with Crippen molar-refractivity contribution in [2.24, 2.45) is 0 Å². The summed E-state index contributed by atoms with van der Waals surface area (Å²) in [6.45, 7) is 3.50. The molecule has 62 valence electrons. The molecule has 1 aliphatic carbocycles. The van der Waals surface area contributed by atoms with E-state index < -0.39 is 0 Å². The number of hydrogen-bond acceptors (Lipinski definition) is 2. The normalized spacial score (nSPS) is 14.5. The Balaban J connectivity index is 0.000000336. The van der Waals surface area contributed by atoms with Gasteiger partial charge >= 0.3 is 0 Å². The van der Waals surface area contributed by atoms with Crippen molar-refractivity contribution < 1.29 is 5.11 Å². The number of phenolic OH excluding ortho intramolecular Hbond substituents is 1. The first-order valence-electron chi connectivity index (χ1n) is 3.91. The smallest absolute Gasteiger partial charge is 0.115 e. The fourth-order valence-electron chi connectivity index (χ4n) is 1.20. The summed E-state index contributed by atoms with van der Waals surface area (Å²) in [4.78, 5) is 0. The average Bonchev–Trinajstić information content (AvgIpc) is 2.90. The van der Waals surface area contributed by atoms with Gasteiger partial charge in [-0.3, -0.25) is 0 Å². The van der Waals surface area contributed by atoms with E-state index in [1.807, 2.05) is 12.1 Å². The molecule has 2 rings (SSSR count). The van der Waals surface area contributed by atoms with Crippen molar-refractivity contribution in [3.05, 3.63) is 29.8 Å². The van der Waals surface area contributed by atoms with Crippen molar-refractivity contribution in [2.45, 2.75) is 18.8 Å². The summed E-state index contributed by atoms with van der Waals surface area (Å²) in [5.74, 6) is 1.14. The zero-order valence-corrected chi connectivity index (χ0v) is 6.77. The lowest BCUT2D eigenvalue weighted by Gasteiger charge is -1.96. The van der Waals surface area contributed by atoms with E-state index >= 15 is 0 Å². The van der Waals surface area contributed by atoms with Gasteiger partial charge in [0.1, 0.15) is 5.75 Å². The van der Waals surface area contributed by atoms with Crippen LogP contribution >= 0.6 is 0 Å². The largest absolute Gasteiger partial charge is 0.508 e. The Morgan fingerprint density at radius 2 is 2.00 bits per heavy atom. The van der Waals surface area contributed by atoms with Crippen LogP contribution in [0.25, 0.3) is 0 Å². The van der Waals surface area contributed by atoms with Crippen LogP contribution in [-0.4, -0.2) is 5.11 Å². The van der Waals surface area contributed by atoms with Crippen LogP contribution in [0, 0.1) is 11.8 Å². The number of hydrogen-bond donors (Lipinski definition) is 1. The molecule has 0 aromatic heterocycles. The highest BCUT2D eigenvalue weighted by atomic mass is 16.3. The quantitative estimate of drug-likeness (QED) is 0.687. The molecule has 1 aliphatic rings. The molecule has 0 amide bonds. The summed E-state index contributed by atoms with van der Waals surface area (Å²) in [5.41, 5.74) is 1.29. The van der Waals surface area contributed by atoms with E-state index in [1.54, 1.807) is 6.07 Å². The highest BCUT2D eigenvalue weighted by Crippen LogP contribution is 2.40. The lowest BCUT2D eigenvalue weighted by atomic mass is 10.1. The number of benzene rings is 1. The summed E-state index contributed by atoms with van der Waals surface area (Å²) in [5, 5.41) is 15.6. The predicted octanol–water partition coefficient (Wildman–Crippen LogP) is 2.41. The van der Waals surface area contributed by atoms with Gasteiger partial charge in [-0.05, 0) is 36.5 Å². The van der Waals surface area contributed by atoms with Crippen LogP contribution in [0.3, 0.4) is 0 Å². The van der Waals surface area contributed by atoms with Crippen molar-refractivity contribution in [3.8, 4) is 12.3 Å². The summed E-state index contributed by atoms with van der Waals surface area (Å²) in [6, 6.07) is 7.56. The maximum Gasteiger partial charge on any atom is 0.115 e. The van der Waals surface area contributed by atoms with Crippen molar-refractivity contribution in [1.82, 2.24) is 0 Å². The molecule has 12 heavy (non-hydrogen) atoms. The van der Waals surface area contributed by atoms with Crippen molar-refractivity contribution >= 4 is 0 Å². The molecule has 2 nitrogen and oxygen atoms in total. The van der Waals surface area contributed by atoms with Gasteiger partial charge in [0.05, 0.1) is 0 Å². The van der Waals surface area contributed by atoms with E-state index in [2.05, 4.69) is 12.6 Å². The van der Waals surface area contributed by atoms with Crippen LogP contribution in [-0.2, 0) is 0 Å². The van der Waals surface area contributed by atoms with E-state index in [-0.39, 0.29) is 0 Å². The van der Waals surface area contributed by atoms with Crippen LogP contribution in [0.1, 0.15) is 24.3 Å². The predicted molar refractivity (Wildman–Crippen MR) is 46.8 cm³/mol. The van der Waals surface area contributed by atoms with Crippen molar-refractivity contribution in [1.29, 1.82) is 5.26 Å². The molecule has 0 unspecified atom stereocenters.